The monoisotopic (exact) mass is 515 g/mol. The van der Waals surface area contributed by atoms with Crippen LogP contribution in [0.5, 0.6) is 0 Å². The lowest BCUT2D eigenvalue weighted by molar-refractivity contribution is 0.738. The standard InChI is InChI=1S/C37H29N3/c1-25-19-21-27(22-20-25)36-38-35(26-11-3-2-4-12-26)39-37(40-36)29-14-6-5-13-28-23-30(24-29)32-16-8-10-18-34(32)33-17-9-7-15-31(28)33/h2-3,6-11,14-19,21-25,30H,5,13,20H2,1H3. The molecule has 1 aromatic heterocycles. The Bertz CT molecular complexity index is 1740. The maximum absolute atomic E-state index is 5.05. The molecule has 0 fully saturated rings. The van der Waals surface area contributed by atoms with E-state index in [9.17, 15) is 0 Å². The molecule has 0 spiro atoms. The summed E-state index contributed by atoms with van der Waals surface area (Å²) in [6.07, 6.45) is 18.7. The third-order valence-corrected chi connectivity index (χ3v) is 7.86. The van der Waals surface area contributed by atoms with E-state index in [0.29, 0.717) is 23.4 Å². The smallest absolute Gasteiger partial charge is 0.172 e. The van der Waals surface area contributed by atoms with Crippen LogP contribution in [0, 0.1) is 18.1 Å². The van der Waals surface area contributed by atoms with Gasteiger partial charge in [-0.3, -0.25) is 0 Å². The highest BCUT2D eigenvalue weighted by molar-refractivity contribution is 5.87. The third-order valence-electron chi connectivity index (χ3n) is 7.86. The van der Waals surface area contributed by atoms with Crippen molar-refractivity contribution in [3.63, 3.8) is 0 Å². The average Bonchev–Trinajstić information content (AvgIpc) is 3.06. The molecule has 0 saturated carbocycles. The summed E-state index contributed by atoms with van der Waals surface area (Å²) in [5, 5.41) is 0. The van der Waals surface area contributed by atoms with E-state index in [4.69, 9.17) is 15.0 Å². The summed E-state index contributed by atoms with van der Waals surface area (Å²) in [4.78, 5) is 14.9. The van der Waals surface area contributed by atoms with Crippen molar-refractivity contribution >= 4 is 16.7 Å². The Kier molecular flexibility index (Phi) is 6.30. The summed E-state index contributed by atoms with van der Waals surface area (Å²) in [6, 6.07) is 29.6. The average molecular weight is 516 g/mol. The Labute approximate surface area is 236 Å². The molecular formula is C37H29N3. The van der Waals surface area contributed by atoms with Gasteiger partial charge in [-0.05, 0) is 65.1 Å². The minimum atomic E-state index is 0.0891. The highest BCUT2D eigenvalue weighted by Gasteiger charge is 2.23. The van der Waals surface area contributed by atoms with Gasteiger partial charge in [0.1, 0.15) is 0 Å². The molecular weight excluding hydrogens is 486 g/mol. The Morgan fingerprint density at radius 1 is 0.750 bits per heavy atom. The Balaban J connectivity index is 1.41. The molecule has 40 heavy (non-hydrogen) atoms. The highest BCUT2D eigenvalue weighted by Crippen LogP contribution is 2.43. The van der Waals surface area contributed by atoms with Gasteiger partial charge in [0.2, 0.25) is 0 Å². The molecule has 3 aliphatic rings. The van der Waals surface area contributed by atoms with Crippen molar-refractivity contribution in [1.82, 2.24) is 15.0 Å². The Hall–Kier alpha value is -4.81. The van der Waals surface area contributed by atoms with Crippen LogP contribution in [-0.4, -0.2) is 15.0 Å². The number of allylic oxidation sites excluding steroid dienone is 10. The summed E-state index contributed by atoms with van der Waals surface area (Å²) in [5.41, 5.74) is 9.45. The molecule has 3 nitrogen and oxygen atoms in total. The van der Waals surface area contributed by atoms with Crippen molar-refractivity contribution in [2.24, 2.45) is 5.92 Å². The van der Waals surface area contributed by atoms with E-state index >= 15 is 0 Å². The van der Waals surface area contributed by atoms with Gasteiger partial charge in [0.25, 0.3) is 0 Å². The molecule has 7 rings (SSSR count). The predicted molar refractivity (Wildman–Crippen MR) is 163 cm³/mol. The minimum Gasteiger partial charge on any atom is -0.208 e. The Morgan fingerprint density at radius 3 is 2.33 bits per heavy atom. The van der Waals surface area contributed by atoms with Gasteiger partial charge in [-0.1, -0.05) is 116 Å². The first-order chi connectivity index (χ1) is 19.7. The van der Waals surface area contributed by atoms with E-state index in [2.05, 4.69) is 110 Å². The maximum atomic E-state index is 5.05. The maximum Gasteiger partial charge on any atom is 0.172 e. The van der Waals surface area contributed by atoms with Crippen molar-refractivity contribution < 1.29 is 0 Å². The fraction of sp³-hybridized carbons (Fsp3) is 0.162. The predicted octanol–water partition coefficient (Wildman–Crippen LogP) is 8.70. The molecule has 0 saturated heterocycles. The molecule has 2 unspecified atom stereocenters. The van der Waals surface area contributed by atoms with Crippen LogP contribution in [0.3, 0.4) is 0 Å². The lowest BCUT2D eigenvalue weighted by atomic mass is 9.90. The lowest BCUT2D eigenvalue weighted by Gasteiger charge is -2.15. The fourth-order valence-electron chi connectivity index (χ4n) is 5.76. The molecule has 0 N–H and O–H groups in total. The molecule has 2 atom stereocenters. The van der Waals surface area contributed by atoms with Gasteiger partial charge in [-0.2, -0.15) is 0 Å². The molecule has 0 amide bonds. The number of hydrogen-bond acceptors (Lipinski definition) is 3. The van der Waals surface area contributed by atoms with Crippen LogP contribution in [0.1, 0.15) is 54.9 Å². The van der Waals surface area contributed by atoms with Crippen molar-refractivity contribution in [3.8, 4) is 22.5 Å². The second kappa shape index (κ2) is 10.4. The minimum absolute atomic E-state index is 0.0891. The molecule has 0 radical (unpaired) electrons. The second-order valence-corrected chi connectivity index (χ2v) is 10.7. The normalized spacial score (nSPS) is 19.4. The van der Waals surface area contributed by atoms with E-state index in [0.717, 1.165) is 36.0 Å². The largest absolute Gasteiger partial charge is 0.208 e. The van der Waals surface area contributed by atoms with E-state index in [1.807, 2.05) is 18.2 Å². The van der Waals surface area contributed by atoms with Gasteiger partial charge in [0.15, 0.2) is 17.5 Å². The molecule has 1 heterocycles. The molecule has 3 heteroatoms. The summed E-state index contributed by atoms with van der Waals surface area (Å²) < 4.78 is 0. The third kappa shape index (κ3) is 4.63. The molecule has 3 aromatic carbocycles. The number of fused-ring (bicyclic) bond motifs is 6. The number of hydrogen-bond donors (Lipinski definition) is 0. The van der Waals surface area contributed by atoms with Gasteiger partial charge in [0, 0.05) is 17.1 Å². The van der Waals surface area contributed by atoms with Crippen LogP contribution in [0.15, 0.2) is 109 Å². The van der Waals surface area contributed by atoms with Crippen molar-refractivity contribution in [2.75, 3.05) is 0 Å². The van der Waals surface area contributed by atoms with E-state index in [1.165, 1.54) is 27.8 Å². The summed E-state index contributed by atoms with van der Waals surface area (Å²) >= 11 is 0. The summed E-state index contributed by atoms with van der Waals surface area (Å²) in [5.74, 6) is 2.59. The fourth-order valence-corrected chi connectivity index (χ4v) is 5.76. The van der Waals surface area contributed by atoms with E-state index in [-0.39, 0.29) is 5.92 Å². The first-order valence-electron chi connectivity index (χ1n) is 14.0. The summed E-state index contributed by atoms with van der Waals surface area (Å²) in [6.45, 7) is 2.22. The van der Waals surface area contributed by atoms with Crippen LogP contribution in [0.2, 0.25) is 0 Å². The van der Waals surface area contributed by atoms with Crippen molar-refractivity contribution in [2.45, 2.75) is 32.1 Å². The van der Waals surface area contributed by atoms with Crippen molar-refractivity contribution in [1.29, 1.82) is 0 Å². The van der Waals surface area contributed by atoms with Crippen LogP contribution >= 0.6 is 0 Å². The first kappa shape index (κ1) is 24.2. The first-order valence-corrected chi connectivity index (χ1v) is 14.0. The molecule has 0 aliphatic heterocycles. The summed E-state index contributed by atoms with van der Waals surface area (Å²) in [7, 11) is 0. The number of rotatable bonds is 3. The highest BCUT2D eigenvalue weighted by atomic mass is 15.0. The zero-order valence-electron chi connectivity index (χ0n) is 22.5. The van der Waals surface area contributed by atoms with E-state index < -0.39 is 0 Å². The number of benzene rings is 2. The van der Waals surface area contributed by atoms with Crippen LogP contribution in [0.25, 0.3) is 39.2 Å². The van der Waals surface area contributed by atoms with Gasteiger partial charge in [0.05, 0.1) is 5.56 Å². The molecule has 3 aliphatic carbocycles. The second-order valence-electron chi connectivity index (χ2n) is 10.7. The van der Waals surface area contributed by atoms with Gasteiger partial charge >= 0.3 is 0 Å². The molecule has 4 aromatic rings. The van der Waals surface area contributed by atoms with Gasteiger partial charge < -0.3 is 0 Å². The van der Waals surface area contributed by atoms with Gasteiger partial charge in [-0.25, -0.2) is 15.0 Å². The van der Waals surface area contributed by atoms with Crippen LogP contribution in [-0.2, 0) is 0 Å². The lowest BCUT2D eigenvalue weighted by Crippen LogP contribution is -2.06. The zero-order valence-corrected chi connectivity index (χ0v) is 22.5. The number of nitrogens with zero attached hydrogens (tertiary/aromatic N) is 3. The molecule has 192 valence electrons. The SMILES string of the molecule is CC1C=CC(c2nc(C3=CC4C=C(CCC=C3)c3ccccc3-c3ccccc34)nc(-c3c#cccc3)n2)=CC1. The Morgan fingerprint density at radius 2 is 1.52 bits per heavy atom. The topological polar surface area (TPSA) is 38.7 Å². The zero-order chi connectivity index (χ0) is 26.9. The van der Waals surface area contributed by atoms with E-state index in [1.54, 1.807) is 0 Å². The molecule has 2 bridgehead atoms. The number of aromatic nitrogens is 3. The van der Waals surface area contributed by atoms with Gasteiger partial charge in [-0.15, -0.1) is 0 Å². The van der Waals surface area contributed by atoms with Crippen LogP contribution < -0.4 is 0 Å². The quantitative estimate of drug-likeness (QED) is 0.274. The van der Waals surface area contributed by atoms with Crippen LogP contribution in [0.4, 0.5) is 0 Å². The van der Waals surface area contributed by atoms with Crippen molar-refractivity contribution in [3.05, 3.63) is 144 Å².